The summed E-state index contributed by atoms with van der Waals surface area (Å²) in [5.41, 5.74) is -1.13. The van der Waals surface area contributed by atoms with Gasteiger partial charge in [0.1, 0.15) is 0 Å². The Bertz CT molecular complexity index is 448. The second kappa shape index (κ2) is 6.70. The van der Waals surface area contributed by atoms with Gasteiger partial charge in [0, 0.05) is 22.1 Å². The van der Waals surface area contributed by atoms with E-state index in [0.29, 0.717) is 0 Å². The Labute approximate surface area is 116 Å². The zero-order chi connectivity index (χ0) is 16.1. The van der Waals surface area contributed by atoms with Crippen molar-refractivity contribution in [1.29, 1.82) is 0 Å². The second-order valence-corrected chi connectivity index (χ2v) is 4.76. The first-order chi connectivity index (χ1) is 8.98. The molecule has 0 atom stereocenters. The van der Waals surface area contributed by atoms with E-state index in [1.165, 1.54) is 39.0 Å². The molecular weight excluding hydrogens is 264 g/mol. The van der Waals surface area contributed by atoms with E-state index in [1.54, 1.807) is 6.92 Å². The normalized spacial score (nSPS) is 14.1. The molecule has 0 amide bonds. The third-order valence-corrected chi connectivity index (χ3v) is 2.59. The number of carboxylic acid groups (broad SMARTS) is 3. The molecule has 0 aromatic heterocycles. The first kappa shape index (κ1) is 17.6. The lowest BCUT2D eigenvalue weighted by Crippen LogP contribution is -2.14. The van der Waals surface area contributed by atoms with Crippen molar-refractivity contribution in [3.8, 4) is 0 Å². The van der Waals surface area contributed by atoms with Crippen LogP contribution in [-0.4, -0.2) is 33.2 Å². The van der Waals surface area contributed by atoms with E-state index in [0.717, 1.165) is 0 Å². The molecule has 0 saturated carbocycles. The van der Waals surface area contributed by atoms with Gasteiger partial charge < -0.3 is 15.3 Å². The van der Waals surface area contributed by atoms with Crippen LogP contribution in [0.1, 0.15) is 27.7 Å². The van der Waals surface area contributed by atoms with Crippen LogP contribution in [-0.2, 0) is 14.4 Å². The Morgan fingerprint density at radius 3 is 1.05 bits per heavy atom. The Morgan fingerprint density at radius 2 is 0.900 bits per heavy atom. The number of allylic oxidation sites excluding steroid dienone is 3. The maximum Gasteiger partial charge on any atom is 0.330 e. The lowest BCUT2D eigenvalue weighted by atomic mass is 9.84. The van der Waals surface area contributed by atoms with E-state index >= 15 is 0 Å². The van der Waals surface area contributed by atoms with Crippen LogP contribution >= 0.6 is 0 Å². The SMILES string of the molecule is C/C(=C\C(C)(/C=C(\C)C(=O)O)/C=C(\C)C(=O)O)C(=O)O. The van der Waals surface area contributed by atoms with Crippen LogP contribution < -0.4 is 0 Å². The average Bonchev–Trinajstić information content (AvgIpc) is 2.27. The lowest BCUT2D eigenvalue weighted by Gasteiger charge is -2.20. The maximum absolute atomic E-state index is 10.9. The molecule has 0 radical (unpaired) electrons. The molecule has 0 saturated heterocycles. The van der Waals surface area contributed by atoms with Gasteiger partial charge in [-0.15, -0.1) is 0 Å². The molecule has 0 spiro atoms. The van der Waals surface area contributed by atoms with Crippen LogP contribution in [0.4, 0.5) is 0 Å². The summed E-state index contributed by atoms with van der Waals surface area (Å²) in [7, 11) is 0. The molecule has 0 aliphatic rings. The predicted molar refractivity (Wildman–Crippen MR) is 72.3 cm³/mol. The van der Waals surface area contributed by atoms with Crippen molar-refractivity contribution in [3.63, 3.8) is 0 Å². The van der Waals surface area contributed by atoms with Gasteiger partial charge in [-0.3, -0.25) is 0 Å². The number of hydrogen-bond donors (Lipinski definition) is 3. The molecule has 0 aliphatic carbocycles. The summed E-state index contributed by atoms with van der Waals surface area (Å²) in [6.45, 7) is 5.61. The molecule has 0 aromatic rings. The summed E-state index contributed by atoms with van der Waals surface area (Å²) < 4.78 is 0. The van der Waals surface area contributed by atoms with Gasteiger partial charge in [0.05, 0.1) is 0 Å². The second-order valence-electron chi connectivity index (χ2n) is 4.76. The van der Waals surface area contributed by atoms with Crippen LogP contribution in [0.15, 0.2) is 34.9 Å². The summed E-state index contributed by atoms with van der Waals surface area (Å²) in [4.78, 5) is 32.6. The smallest absolute Gasteiger partial charge is 0.330 e. The zero-order valence-electron chi connectivity index (χ0n) is 11.8. The minimum absolute atomic E-state index is 0.00335. The minimum Gasteiger partial charge on any atom is -0.478 e. The molecule has 0 heterocycles. The molecule has 0 bridgehead atoms. The first-order valence-electron chi connectivity index (χ1n) is 5.77. The number of carbonyl (C=O) groups is 3. The molecular formula is C14H18O6. The van der Waals surface area contributed by atoms with Crippen molar-refractivity contribution in [1.82, 2.24) is 0 Å². The van der Waals surface area contributed by atoms with Gasteiger partial charge in [-0.25, -0.2) is 14.4 Å². The molecule has 20 heavy (non-hydrogen) atoms. The highest BCUT2D eigenvalue weighted by Gasteiger charge is 2.21. The van der Waals surface area contributed by atoms with Crippen LogP contribution in [0.2, 0.25) is 0 Å². The van der Waals surface area contributed by atoms with E-state index in [9.17, 15) is 14.4 Å². The molecule has 0 rings (SSSR count). The van der Waals surface area contributed by atoms with Gasteiger partial charge >= 0.3 is 17.9 Å². The summed E-state index contributed by atoms with van der Waals surface area (Å²) in [6, 6.07) is 0. The summed E-state index contributed by atoms with van der Waals surface area (Å²) in [5, 5.41) is 26.7. The Balaban J connectivity index is 5.94. The first-order valence-corrected chi connectivity index (χ1v) is 5.77. The van der Waals surface area contributed by atoms with Crippen LogP contribution in [0.3, 0.4) is 0 Å². The molecule has 0 aliphatic heterocycles. The van der Waals surface area contributed by atoms with Crippen molar-refractivity contribution >= 4 is 17.9 Å². The highest BCUT2D eigenvalue weighted by molar-refractivity contribution is 5.88. The van der Waals surface area contributed by atoms with Gasteiger partial charge in [-0.1, -0.05) is 18.2 Å². The summed E-state index contributed by atoms with van der Waals surface area (Å²) in [5.74, 6) is -3.46. The van der Waals surface area contributed by atoms with E-state index < -0.39 is 23.3 Å². The van der Waals surface area contributed by atoms with E-state index in [1.807, 2.05) is 0 Å². The van der Waals surface area contributed by atoms with Gasteiger partial charge in [0.25, 0.3) is 0 Å². The van der Waals surface area contributed by atoms with Gasteiger partial charge in [0.2, 0.25) is 0 Å². The van der Waals surface area contributed by atoms with E-state index in [-0.39, 0.29) is 16.7 Å². The van der Waals surface area contributed by atoms with Gasteiger partial charge in [-0.05, 0) is 27.7 Å². The van der Waals surface area contributed by atoms with Crippen molar-refractivity contribution in [2.24, 2.45) is 5.41 Å². The quantitative estimate of drug-likeness (QED) is 0.643. The third-order valence-electron chi connectivity index (χ3n) is 2.59. The number of rotatable bonds is 6. The standard InChI is InChI=1S/C14H18O6/c1-8(11(15)16)5-14(4,6-9(2)12(17)18)7-10(3)13(19)20/h5-7H,1-4H3,(H,15,16)(H,17,18)(H,19,20)/b8-5+,9-6+,10-7+. The zero-order valence-corrected chi connectivity index (χ0v) is 11.8. The largest absolute Gasteiger partial charge is 0.478 e. The van der Waals surface area contributed by atoms with Gasteiger partial charge in [0.15, 0.2) is 0 Å². The molecule has 0 unspecified atom stereocenters. The van der Waals surface area contributed by atoms with Crippen molar-refractivity contribution in [2.75, 3.05) is 0 Å². The summed E-state index contributed by atoms with van der Waals surface area (Å²) >= 11 is 0. The van der Waals surface area contributed by atoms with Crippen molar-refractivity contribution in [2.45, 2.75) is 27.7 Å². The fourth-order valence-corrected chi connectivity index (χ4v) is 1.71. The Morgan fingerprint density at radius 1 is 0.700 bits per heavy atom. The molecule has 6 nitrogen and oxygen atoms in total. The monoisotopic (exact) mass is 282 g/mol. The van der Waals surface area contributed by atoms with Crippen molar-refractivity contribution in [3.05, 3.63) is 34.9 Å². The molecule has 0 fully saturated rings. The number of hydrogen-bond acceptors (Lipinski definition) is 3. The third kappa shape index (κ3) is 5.51. The fraction of sp³-hybridized carbons (Fsp3) is 0.357. The fourth-order valence-electron chi connectivity index (χ4n) is 1.71. The highest BCUT2D eigenvalue weighted by atomic mass is 16.4. The number of aliphatic carboxylic acids is 3. The maximum atomic E-state index is 10.9. The van der Waals surface area contributed by atoms with Crippen LogP contribution in [0.25, 0.3) is 0 Å². The molecule has 3 N–H and O–H groups in total. The van der Waals surface area contributed by atoms with E-state index in [2.05, 4.69) is 0 Å². The molecule has 0 aromatic carbocycles. The minimum atomic E-state index is -1.15. The Kier molecular flexibility index (Phi) is 5.90. The number of carboxylic acids is 3. The lowest BCUT2D eigenvalue weighted by molar-refractivity contribution is -0.133. The predicted octanol–water partition coefficient (Wildman–Crippen LogP) is 2.09. The summed E-state index contributed by atoms with van der Waals surface area (Å²) in [6.07, 6.45) is 3.94. The topological polar surface area (TPSA) is 112 Å². The van der Waals surface area contributed by atoms with Crippen molar-refractivity contribution < 1.29 is 29.7 Å². The highest BCUT2D eigenvalue weighted by Crippen LogP contribution is 2.28. The average molecular weight is 282 g/mol. The molecule has 6 heteroatoms. The van der Waals surface area contributed by atoms with Gasteiger partial charge in [-0.2, -0.15) is 0 Å². The Hall–Kier alpha value is -2.37. The van der Waals surface area contributed by atoms with E-state index in [4.69, 9.17) is 15.3 Å². The van der Waals surface area contributed by atoms with Crippen LogP contribution in [0, 0.1) is 5.41 Å². The van der Waals surface area contributed by atoms with Crippen LogP contribution in [0.5, 0.6) is 0 Å². The molecule has 110 valence electrons.